The summed E-state index contributed by atoms with van der Waals surface area (Å²) in [7, 11) is 4.19. The van der Waals surface area contributed by atoms with Crippen LogP contribution >= 0.6 is 11.6 Å². The Kier molecular flexibility index (Phi) is 5.09. The molecule has 0 saturated heterocycles. The largest absolute Gasteiger partial charge is 0.330 e. The van der Waals surface area contributed by atoms with Crippen molar-refractivity contribution in [3.63, 3.8) is 0 Å². The van der Waals surface area contributed by atoms with E-state index in [0.717, 1.165) is 24.4 Å². The first-order valence-electron chi connectivity index (χ1n) is 5.27. The van der Waals surface area contributed by atoms with Crippen LogP contribution in [0.25, 0.3) is 0 Å². The topological polar surface area (TPSA) is 29.3 Å². The van der Waals surface area contributed by atoms with Gasteiger partial charge >= 0.3 is 0 Å². The fourth-order valence-corrected chi connectivity index (χ4v) is 1.85. The van der Waals surface area contributed by atoms with E-state index >= 15 is 0 Å². The molecule has 0 aliphatic rings. The second-order valence-corrected chi connectivity index (χ2v) is 4.40. The van der Waals surface area contributed by atoms with Crippen LogP contribution in [-0.4, -0.2) is 25.5 Å². The number of rotatable bonds is 5. The first-order valence-corrected chi connectivity index (χ1v) is 5.65. The van der Waals surface area contributed by atoms with Crippen molar-refractivity contribution in [2.45, 2.75) is 18.9 Å². The van der Waals surface area contributed by atoms with Gasteiger partial charge in [-0.3, -0.25) is 0 Å². The summed E-state index contributed by atoms with van der Waals surface area (Å²) in [6.45, 7) is 0.748. The van der Waals surface area contributed by atoms with E-state index < -0.39 is 0 Å². The smallest absolute Gasteiger partial charge is 0.0406 e. The molecule has 1 atom stereocenters. The lowest BCUT2D eigenvalue weighted by Gasteiger charge is -2.24. The molecule has 0 heterocycles. The van der Waals surface area contributed by atoms with Crippen LogP contribution in [0.5, 0.6) is 0 Å². The van der Waals surface area contributed by atoms with Gasteiger partial charge in [0.2, 0.25) is 0 Å². The fraction of sp³-hybridized carbons (Fsp3) is 0.500. The minimum absolute atomic E-state index is 0.436. The van der Waals surface area contributed by atoms with E-state index in [4.69, 9.17) is 17.3 Å². The molecule has 0 radical (unpaired) electrons. The van der Waals surface area contributed by atoms with Crippen LogP contribution in [0.1, 0.15) is 24.4 Å². The third-order valence-electron chi connectivity index (χ3n) is 2.56. The van der Waals surface area contributed by atoms with Crippen molar-refractivity contribution in [1.29, 1.82) is 0 Å². The number of nitrogens with two attached hydrogens (primary N) is 1. The summed E-state index contributed by atoms with van der Waals surface area (Å²) in [5.74, 6) is 0. The molecule has 0 saturated carbocycles. The molecule has 0 spiro atoms. The molecule has 2 N–H and O–H groups in total. The van der Waals surface area contributed by atoms with Crippen LogP contribution in [0.3, 0.4) is 0 Å². The van der Waals surface area contributed by atoms with Gasteiger partial charge in [-0.25, -0.2) is 0 Å². The van der Waals surface area contributed by atoms with Crippen molar-refractivity contribution in [2.24, 2.45) is 5.73 Å². The Morgan fingerprint density at radius 3 is 2.33 bits per heavy atom. The van der Waals surface area contributed by atoms with Gasteiger partial charge in [-0.15, -0.1) is 0 Å². The Morgan fingerprint density at radius 2 is 1.87 bits per heavy atom. The molecule has 1 rings (SSSR count). The highest BCUT2D eigenvalue weighted by atomic mass is 35.5. The minimum atomic E-state index is 0.436. The van der Waals surface area contributed by atoms with E-state index in [-0.39, 0.29) is 0 Å². The standard InChI is InChI=1S/C12H19ClN2/c1-15(2)12(4-3-9-14)10-5-7-11(13)8-6-10/h5-8,12H,3-4,9,14H2,1-2H3. The maximum absolute atomic E-state index is 5.87. The fourth-order valence-electron chi connectivity index (χ4n) is 1.72. The quantitative estimate of drug-likeness (QED) is 0.837. The van der Waals surface area contributed by atoms with Gasteiger partial charge < -0.3 is 10.6 Å². The van der Waals surface area contributed by atoms with Crippen molar-refractivity contribution in [1.82, 2.24) is 4.90 Å². The van der Waals surface area contributed by atoms with Gasteiger partial charge in [0.15, 0.2) is 0 Å². The molecule has 2 nitrogen and oxygen atoms in total. The molecule has 84 valence electrons. The Bertz CT molecular complexity index is 282. The van der Waals surface area contributed by atoms with Gasteiger partial charge in [0.05, 0.1) is 0 Å². The van der Waals surface area contributed by atoms with Crippen LogP contribution in [0.4, 0.5) is 0 Å². The van der Waals surface area contributed by atoms with Gasteiger partial charge in [0.1, 0.15) is 0 Å². The highest BCUT2D eigenvalue weighted by molar-refractivity contribution is 6.30. The van der Waals surface area contributed by atoms with Gasteiger partial charge in [-0.1, -0.05) is 23.7 Å². The summed E-state index contributed by atoms with van der Waals surface area (Å²) in [6, 6.07) is 8.49. The van der Waals surface area contributed by atoms with Crippen LogP contribution in [0.15, 0.2) is 24.3 Å². The predicted octanol–water partition coefficient (Wildman–Crippen LogP) is 2.68. The van der Waals surface area contributed by atoms with Gasteiger partial charge in [0.25, 0.3) is 0 Å². The number of benzene rings is 1. The molecule has 0 aliphatic carbocycles. The molecular weight excluding hydrogens is 208 g/mol. The summed E-state index contributed by atoms with van der Waals surface area (Å²) in [5.41, 5.74) is 6.84. The number of halogens is 1. The first-order chi connectivity index (χ1) is 7.15. The zero-order valence-corrected chi connectivity index (χ0v) is 10.2. The number of hydrogen-bond donors (Lipinski definition) is 1. The van der Waals surface area contributed by atoms with Crippen LogP contribution in [0.2, 0.25) is 5.02 Å². The highest BCUT2D eigenvalue weighted by Crippen LogP contribution is 2.24. The molecule has 15 heavy (non-hydrogen) atoms. The van der Waals surface area contributed by atoms with Crippen molar-refractivity contribution >= 4 is 11.6 Å². The number of hydrogen-bond acceptors (Lipinski definition) is 2. The Morgan fingerprint density at radius 1 is 1.27 bits per heavy atom. The SMILES string of the molecule is CN(C)C(CCCN)c1ccc(Cl)cc1. The van der Waals surface area contributed by atoms with Crippen molar-refractivity contribution in [2.75, 3.05) is 20.6 Å². The van der Waals surface area contributed by atoms with Crippen LogP contribution in [-0.2, 0) is 0 Å². The first kappa shape index (κ1) is 12.5. The predicted molar refractivity (Wildman–Crippen MR) is 66.2 cm³/mol. The lowest BCUT2D eigenvalue weighted by molar-refractivity contribution is 0.280. The summed E-state index contributed by atoms with van der Waals surface area (Å²) in [4.78, 5) is 2.22. The maximum Gasteiger partial charge on any atom is 0.0406 e. The monoisotopic (exact) mass is 226 g/mol. The average Bonchev–Trinajstić information content (AvgIpc) is 2.21. The van der Waals surface area contributed by atoms with E-state index in [0.29, 0.717) is 6.04 Å². The van der Waals surface area contributed by atoms with Crippen molar-refractivity contribution in [3.8, 4) is 0 Å². The second-order valence-electron chi connectivity index (χ2n) is 3.96. The molecule has 1 aromatic rings. The third kappa shape index (κ3) is 3.82. The molecule has 0 bridgehead atoms. The van der Waals surface area contributed by atoms with Crippen molar-refractivity contribution < 1.29 is 0 Å². The molecule has 0 aromatic heterocycles. The molecule has 3 heteroatoms. The average molecular weight is 227 g/mol. The minimum Gasteiger partial charge on any atom is -0.330 e. The highest BCUT2D eigenvalue weighted by Gasteiger charge is 2.12. The summed E-state index contributed by atoms with van der Waals surface area (Å²) < 4.78 is 0. The third-order valence-corrected chi connectivity index (χ3v) is 2.81. The van der Waals surface area contributed by atoms with Crippen LogP contribution in [0, 0.1) is 0 Å². The van der Waals surface area contributed by atoms with E-state index in [1.165, 1.54) is 5.56 Å². The Hall–Kier alpha value is -0.570. The number of nitrogens with zero attached hydrogens (tertiary/aromatic N) is 1. The summed E-state index contributed by atoms with van der Waals surface area (Å²) >= 11 is 5.87. The van der Waals surface area contributed by atoms with Gasteiger partial charge in [0, 0.05) is 11.1 Å². The van der Waals surface area contributed by atoms with Gasteiger partial charge in [-0.2, -0.15) is 0 Å². The zero-order valence-electron chi connectivity index (χ0n) is 9.41. The molecule has 1 aromatic carbocycles. The maximum atomic E-state index is 5.87. The van der Waals surface area contributed by atoms with E-state index in [1.807, 2.05) is 12.1 Å². The Labute approximate surface area is 97.0 Å². The lowest BCUT2D eigenvalue weighted by Crippen LogP contribution is -2.20. The normalized spacial score (nSPS) is 13.1. The van der Waals surface area contributed by atoms with Crippen LogP contribution < -0.4 is 5.73 Å². The van der Waals surface area contributed by atoms with Gasteiger partial charge in [-0.05, 0) is 51.2 Å². The Balaban J connectivity index is 2.74. The van der Waals surface area contributed by atoms with E-state index in [9.17, 15) is 0 Å². The molecule has 1 unspecified atom stereocenters. The molecule has 0 aliphatic heterocycles. The summed E-state index contributed by atoms with van der Waals surface area (Å²) in [5, 5.41) is 0.787. The second kappa shape index (κ2) is 6.11. The zero-order chi connectivity index (χ0) is 11.3. The summed E-state index contributed by atoms with van der Waals surface area (Å²) in [6.07, 6.45) is 2.14. The molecular formula is C12H19ClN2. The molecule has 0 amide bonds. The molecule has 0 fully saturated rings. The van der Waals surface area contributed by atoms with E-state index in [2.05, 4.69) is 31.1 Å². The van der Waals surface area contributed by atoms with E-state index in [1.54, 1.807) is 0 Å². The lowest BCUT2D eigenvalue weighted by atomic mass is 10.0. The van der Waals surface area contributed by atoms with Crippen molar-refractivity contribution in [3.05, 3.63) is 34.9 Å².